The van der Waals surface area contributed by atoms with Gasteiger partial charge in [0.1, 0.15) is 66.6 Å². The summed E-state index contributed by atoms with van der Waals surface area (Å²) in [7, 11) is 0. The second kappa shape index (κ2) is 49.3. The van der Waals surface area contributed by atoms with E-state index in [2.05, 4.69) is 5.32 Å². The van der Waals surface area contributed by atoms with Crippen LogP contribution in [0.2, 0.25) is 0 Å². The van der Waals surface area contributed by atoms with Gasteiger partial charge in [-0.15, -0.1) is 47.2 Å². The number of phenols is 1. The fraction of sp³-hybridized carbons (Fsp3) is 0.516. The number of anilines is 3. The molecule has 6 aromatic rings. The number of hydrogen-bond donors (Lipinski definition) is 3. The highest BCUT2D eigenvalue weighted by Crippen LogP contribution is 2.50. The summed E-state index contributed by atoms with van der Waals surface area (Å²) in [6.45, 7) is 24.6. The van der Waals surface area contributed by atoms with Crippen LogP contribution in [0.15, 0.2) is 91.0 Å². The topological polar surface area (TPSA) is 486 Å². The molecule has 3 N–H and O–H groups in total. The minimum Gasteiger partial charge on any atom is -0.507 e. The first-order valence-electron chi connectivity index (χ1n) is 43.1. The fourth-order valence-electron chi connectivity index (χ4n) is 16.0. The third-order valence-corrected chi connectivity index (χ3v) is 22.5. The van der Waals surface area contributed by atoms with Crippen molar-refractivity contribution in [1.29, 1.82) is 5.41 Å². The number of nitrogens with zero attached hydrogens (tertiary/aromatic N) is 2. The third-order valence-electron chi connectivity index (χ3n) is 20.9. The van der Waals surface area contributed by atoms with Gasteiger partial charge in [-0.25, -0.2) is 9.59 Å². The lowest BCUT2D eigenvalue weighted by Crippen LogP contribution is -2.63. The van der Waals surface area contributed by atoms with Crippen LogP contribution in [-0.4, -0.2) is 259 Å². The molecule has 0 saturated carbocycles. The van der Waals surface area contributed by atoms with Crippen LogP contribution in [0.3, 0.4) is 0 Å². The van der Waals surface area contributed by atoms with Gasteiger partial charge in [0.05, 0.1) is 11.4 Å². The number of benzene rings is 6. The molecule has 0 bridgehead atoms. The summed E-state index contributed by atoms with van der Waals surface area (Å²) < 4.78 is 108. The molecule has 6 aromatic carbocycles. The van der Waals surface area contributed by atoms with E-state index in [0.717, 1.165) is 112 Å². The van der Waals surface area contributed by atoms with E-state index in [1.54, 1.807) is 56.0 Å². The summed E-state index contributed by atoms with van der Waals surface area (Å²) in [6, 6.07) is 27.6. The molecular formula is C93H109Cl7N4O35. The van der Waals surface area contributed by atoms with E-state index in [0.29, 0.717) is 47.4 Å². The molecule has 6 aliphatic rings. The van der Waals surface area contributed by atoms with Crippen molar-refractivity contribution in [3.8, 4) is 17.2 Å². The van der Waals surface area contributed by atoms with Crippen LogP contribution in [0.5, 0.6) is 17.2 Å². The molecule has 39 nitrogen and oxygen atoms in total. The van der Waals surface area contributed by atoms with Crippen molar-refractivity contribution in [3.05, 3.63) is 108 Å². The normalized spacial score (nSPS) is 23.7. The Balaban J connectivity index is 0.000000233. The van der Waals surface area contributed by atoms with Gasteiger partial charge in [0.25, 0.3) is 3.79 Å². The molecule has 46 heteroatoms. The van der Waals surface area contributed by atoms with E-state index in [-0.39, 0.29) is 60.7 Å². The number of esters is 12. The number of aromatic hydroxyl groups is 1. The van der Waals surface area contributed by atoms with Gasteiger partial charge in [-0.2, -0.15) is 0 Å². The van der Waals surface area contributed by atoms with Crippen molar-refractivity contribution in [1.82, 2.24) is 0 Å². The van der Waals surface area contributed by atoms with Crippen LogP contribution in [-0.2, 0) is 143 Å². The van der Waals surface area contributed by atoms with E-state index >= 15 is 0 Å². The van der Waals surface area contributed by atoms with Gasteiger partial charge in [0.15, 0.2) is 36.6 Å². The average molecular weight is 2090 g/mol. The number of carbonyl (C=O) groups excluding carboxylic acids is 14. The van der Waals surface area contributed by atoms with E-state index in [1.807, 2.05) is 81.4 Å². The van der Waals surface area contributed by atoms with Gasteiger partial charge in [0, 0.05) is 178 Å². The Morgan fingerprint density at radius 3 is 0.993 bits per heavy atom. The zero-order valence-electron chi connectivity index (χ0n) is 78.8. The highest BCUT2D eigenvalue weighted by Gasteiger charge is 2.58. The highest BCUT2D eigenvalue weighted by atomic mass is 35.6. The number of hydrogen-bond acceptors (Lipinski definition) is 37. The van der Waals surface area contributed by atoms with Gasteiger partial charge >= 0.3 is 83.8 Å². The Kier molecular flexibility index (Phi) is 40.1. The predicted octanol–water partition coefficient (Wildman–Crippen LogP) is 13.9. The zero-order chi connectivity index (χ0) is 102. The van der Waals surface area contributed by atoms with Crippen molar-refractivity contribution in [2.75, 3.05) is 72.2 Å². The second-order valence-electron chi connectivity index (χ2n) is 34.1. The summed E-state index contributed by atoms with van der Waals surface area (Å²) >= 11 is 35.6. The van der Waals surface area contributed by atoms with Crippen LogP contribution < -0.4 is 24.6 Å². The molecule has 0 aromatic heterocycles. The number of halogens is 7. The molecule has 0 aliphatic carbocycles. The standard InChI is InChI=1S/C32H38ClNO12.C27H30ClNO10.C18H20ClNO3.C16H20Cl3NO10.ClH/c1-16(35)40-15-25-27(41-17(2)36)28(42-18(3)37)29(43-19(4)38)30(45-25)44-24-12-23-26(22-11-9-8-10-21(22)24)20(13-33)14-34(23)31(39)46-32(5,6)7;1-13(30)34-12-22-24(35-14(2)31)25(36-15(3)32)26(37-16(4)33)27(39-22)38-21-9-20-23(17(10-28)11-29-20)19-8-6-5-7-18(19)21;1-18(2,3)23-17(22)20-10-11(9-19)16-13-7-5-4-6-12(13)15(21)8-14(16)20;1-6(21)25-5-10-11(26-7(2)22)12(27-8(3)23)13(28-9(4)24)14(29-10)30-15(20)16(17,18)19;/h8-12,20,25,27-30H,13-15H2,1-7H3;5-9,17,22,24-27,29H,10-12H2,1-4H3;4-8,11,21H,9-10H2,1-3H3;10-14,20H,5H2,1-4H3;1H/t20-,25-,27+,28+,29-,30-;17-,22-,24+,25+,26-,27-;11-;10-,11+,12+,13-,14-;/m1111./s1. The van der Waals surface area contributed by atoms with Crippen LogP contribution in [0, 0.1) is 5.41 Å². The predicted molar refractivity (Wildman–Crippen MR) is 503 cm³/mol. The molecule has 139 heavy (non-hydrogen) atoms. The molecule has 0 spiro atoms. The lowest BCUT2D eigenvalue weighted by atomic mass is 9.95. The Labute approximate surface area is 835 Å². The van der Waals surface area contributed by atoms with Crippen LogP contribution in [0.1, 0.15) is 159 Å². The molecular weight excluding hydrogens is 1980 g/mol. The molecule has 3 fully saturated rings. The zero-order valence-corrected chi connectivity index (χ0v) is 84.2. The maximum Gasteiger partial charge on any atom is 0.414 e. The Hall–Kier alpha value is -11.1. The maximum absolute atomic E-state index is 13.3. The van der Waals surface area contributed by atoms with Gasteiger partial charge in [-0.05, 0) is 74.4 Å². The largest absolute Gasteiger partial charge is 0.507 e. The number of amides is 2. The molecule has 0 radical (unpaired) electrons. The van der Waals surface area contributed by atoms with Crippen molar-refractivity contribution in [3.63, 3.8) is 0 Å². The number of ether oxygens (including phenoxy) is 20. The lowest BCUT2D eigenvalue weighted by Gasteiger charge is -2.44. The van der Waals surface area contributed by atoms with Crippen molar-refractivity contribution in [2.45, 2.75) is 249 Å². The molecule has 760 valence electrons. The summed E-state index contributed by atoms with van der Waals surface area (Å²) in [5.41, 5.74) is 3.56. The van der Waals surface area contributed by atoms with E-state index < -0.39 is 210 Å². The summed E-state index contributed by atoms with van der Waals surface area (Å²) in [5.74, 6) is -7.95. The number of nitrogens with one attached hydrogen (secondary N) is 2. The maximum atomic E-state index is 13.3. The van der Waals surface area contributed by atoms with E-state index in [1.165, 1.54) is 25.7 Å². The number of carbonyl (C=O) groups is 14. The van der Waals surface area contributed by atoms with Crippen molar-refractivity contribution < 1.29 is 167 Å². The van der Waals surface area contributed by atoms with Gasteiger partial charge in [0.2, 0.25) is 43.1 Å². The number of rotatable bonds is 23. The van der Waals surface area contributed by atoms with E-state index in [9.17, 15) is 72.2 Å². The quantitative estimate of drug-likeness (QED) is 0.0176. The lowest BCUT2D eigenvalue weighted by molar-refractivity contribution is -0.292. The summed E-state index contributed by atoms with van der Waals surface area (Å²) in [6.07, 6.45) is -21.5. The molecule has 6 aliphatic heterocycles. The SMILES string of the molecule is CC(=O)OC[C@H]1O[C@@H](Oc2cc3c(c4ccccc24)[C@H](CCl)CN3)[C@H](OC(C)=O)[C@@H](OC(C)=O)[C@H]1OC(C)=O.CC(=O)OC[C@H]1O[C@@H](Oc2cc3c(c4ccccc24)[C@H](CCl)CN3C(=O)OC(C)(C)C)[C@H](OC(C)=O)[C@@H](OC(C)=O)[C@H]1OC(C)=O.CC(=O)OC[C@H]1O[C@H](OC(=N)C(Cl)(Cl)Cl)[C@H](OC(C)=O)[C@@H](OC(C)=O)[C@H]1OC(C)=O.CC(C)(C)OC(=O)N1C[C@@H](CCl)c2c1cc(O)c1ccccc21.Cl. The first-order chi connectivity index (χ1) is 64.7. The van der Waals surface area contributed by atoms with Gasteiger partial charge in [-0.1, -0.05) is 108 Å². The van der Waals surface area contributed by atoms with Crippen LogP contribution in [0.4, 0.5) is 26.7 Å². The minimum absolute atomic E-state index is 0. The first-order valence-corrected chi connectivity index (χ1v) is 45.8. The van der Waals surface area contributed by atoms with Crippen LogP contribution in [0.25, 0.3) is 32.3 Å². The summed E-state index contributed by atoms with van der Waals surface area (Å²) in [5, 5.41) is 26.1. The monoisotopic (exact) mass is 2090 g/mol. The number of phenolic OH excluding ortho intramolecular Hbond substituents is 1. The molecule has 12 rings (SSSR count). The second-order valence-corrected chi connectivity index (χ2v) is 37.3. The Bertz CT molecular complexity index is 5540. The molecule has 0 unspecified atom stereocenters. The average Bonchev–Trinajstić information content (AvgIpc) is 1.53. The van der Waals surface area contributed by atoms with E-state index in [4.69, 9.17) is 170 Å². The van der Waals surface area contributed by atoms with Crippen molar-refractivity contribution >= 4 is 221 Å². The van der Waals surface area contributed by atoms with Gasteiger partial charge in [-0.3, -0.25) is 72.7 Å². The number of alkyl halides is 6. The molecule has 3 saturated heterocycles. The summed E-state index contributed by atoms with van der Waals surface area (Å²) in [4.78, 5) is 171. The third kappa shape index (κ3) is 30.2. The Morgan fingerprint density at radius 1 is 0.381 bits per heavy atom. The van der Waals surface area contributed by atoms with Gasteiger partial charge < -0.3 is 105 Å². The molecule has 6 heterocycles. The smallest absolute Gasteiger partial charge is 0.414 e. The van der Waals surface area contributed by atoms with Crippen LogP contribution >= 0.6 is 82.0 Å². The Morgan fingerprint density at radius 2 is 0.669 bits per heavy atom. The minimum atomic E-state index is -2.29. The first kappa shape index (κ1) is 113. The molecule has 2 amide bonds. The highest BCUT2D eigenvalue weighted by molar-refractivity contribution is 6.76. The number of fused-ring (bicyclic) bond motifs is 9. The molecule has 18 atom stereocenters. The van der Waals surface area contributed by atoms with Crippen molar-refractivity contribution in [2.24, 2.45) is 0 Å². The fourth-order valence-corrected chi connectivity index (χ4v) is 16.9.